The Hall–Kier alpha value is -7.72. The van der Waals surface area contributed by atoms with E-state index in [9.17, 15) is 28.8 Å². The van der Waals surface area contributed by atoms with E-state index < -0.39 is 55.7 Å². The van der Waals surface area contributed by atoms with Crippen molar-refractivity contribution in [3.63, 3.8) is 0 Å². The maximum Gasteiger partial charge on any atom is 0.291 e. The van der Waals surface area contributed by atoms with Gasteiger partial charge in [-0.2, -0.15) is 0 Å². The Bertz CT molecular complexity index is 2680. The quantitative estimate of drug-likeness (QED) is 0.0714. The van der Waals surface area contributed by atoms with Gasteiger partial charge in [0.15, 0.2) is 0 Å². The zero-order valence-corrected chi connectivity index (χ0v) is 37.8. The summed E-state index contributed by atoms with van der Waals surface area (Å²) >= 11 is 0. The molecule has 3 aromatic heterocycles. The van der Waals surface area contributed by atoms with Crippen molar-refractivity contribution < 1.29 is 41.8 Å². The second-order valence-electron chi connectivity index (χ2n) is 19.0. The minimum Gasteiger partial charge on any atom is -0.481 e. The summed E-state index contributed by atoms with van der Waals surface area (Å²) in [6, 6.07) is 31.2. The van der Waals surface area contributed by atoms with Gasteiger partial charge in [0.25, 0.3) is 17.7 Å². The molecule has 16 heteroatoms. The van der Waals surface area contributed by atoms with Crippen LogP contribution in [0.3, 0.4) is 0 Å². The lowest BCUT2D eigenvalue weighted by molar-refractivity contribution is -0.192. The van der Waals surface area contributed by atoms with Crippen LogP contribution < -0.4 is 52.2 Å². The lowest BCUT2D eigenvalue weighted by Crippen LogP contribution is -2.68. The molecule has 0 aliphatic heterocycles. The van der Waals surface area contributed by atoms with Crippen molar-refractivity contribution >= 4 is 17.7 Å². The van der Waals surface area contributed by atoms with Gasteiger partial charge in [-0.05, 0) is 83.4 Å². The molecule has 0 saturated heterocycles. The van der Waals surface area contributed by atoms with Gasteiger partial charge in [0.05, 0.1) is 18.8 Å². The first-order valence-corrected chi connectivity index (χ1v) is 22.8. The summed E-state index contributed by atoms with van der Waals surface area (Å²) in [5, 5.41) is 9.19. The molecule has 3 amide bonds. The molecule has 0 atom stereocenters. The van der Waals surface area contributed by atoms with Crippen LogP contribution >= 0.6 is 0 Å². The van der Waals surface area contributed by atoms with Crippen molar-refractivity contribution in [2.75, 3.05) is 26.2 Å². The van der Waals surface area contributed by atoms with Crippen LogP contribution in [0.2, 0.25) is 0 Å². The van der Waals surface area contributed by atoms with Gasteiger partial charge in [-0.15, -0.1) is 0 Å². The fourth-order valence-electron chi connectivity index (χ4n) is 11.6. The molecule has 356 valence electrons. The largest absolute Gasteiger partial charge is 0.481 e. The first kappa shape index (κ1) is 46.4. The molecular weight excluding hydrogens is 885 g/mol. The Balaban J connectivity index is 0.992. The Morgan fingerprint density at radius 3 is 0.986 bits per heavy atom. The van der Waals surface area contributed by atoms with Crippen LogP contribution in [0.5, 0.6) is 17.2 Å². The van der Waals surface area contributed by atoms with Crippen LogP contribution in [0.4, 0.5) is 0 Å². The van der Waals surface area contributed by atoms with E-state index in [0.29, 0.717) is 38.5 Å². The van der Waals surface area contributed by atoms with E-state index in [-0.39, 0.29) is 80.5 Å². The van der Waals surface area contributed by atoms with E-state index >= 15 is 0 Å². The number of hydrogen-bond donors (Lipinski definition) is 4. The number of amides is 3. The van der Waals surface area contributed by atoms with Crippen molar-refractivity contribution in [1.29, 1.82) is 0 Å². The highest BCUT2D eigenvalue weighted by molar-refractivity contribution is 5.95. The Morgan fingerprint density at radius 1 is 0.435 bits per heavy atom. The van der Waals surface area contributed by atoms with Crippen molar-refractivity contribution in [2.45, 2.75) is 58.3 Å². The van der Waals surface area contributed by atoms with Crippen LogP contribution in [0.1, 0.15) is 86.9 Å². The summed E-state index contributed by atoms with van der Waals surface area (Å²) in [5.74, 6) is -3.44. The normalized spacial score (nSPS) is 22.0. The van der Waals surface area contributed by atoms with Crippen LogP contribution in [-0.2, 0) is 19.8 Å². The van der Waals surface area contributed by atoms with E-state index in [2.05, 4.69) is 16.0 Å². The second kappa shape index (κ2) is 19.5. The third-order valence-corrected chi connectivity index (χ3v) is 13.6. The number of nitrogens with two attached hydrogens (primary N) is 1. The van der Waals surface area contributed by atoms with Crippen molar-refractivity contribution in [2.24, 2.45) is 27.4 Å². The number of benzene rings is 3. The van der Waals surface area contributed by atoms with Crippen LogP contribution in [-0.4, -0.2) is 43.9 Å². The molecule has 0 unspecified atom stereocenters. The van der Waals surface area contributed by atoms with Crippen molar-refractivity contribution in [3.8, 4) is 17.2 Å². The minimum atomic E-state index is -0.651. The van der Waals surface area contributed by atoms with Gasteiger partial charge >= 0.3 is 0 Å². The predicted octanol–water partition coefficient (Wildman–Crippen LogP) is 6.16. The fourth-order valence-corrected chi connectivity index (χ4v) is 11.6. The highest BCUT2D eigenvalue weighted by atomic mass is 16.5. The average Bonchev–Trinajstić information content (AvgIpc) is 3.36. The van der Waals surface area contributed by atoms with E-state index in [1.165, 1.54) is 18.2 Å². The van der Waals surface area contributed by atoms with E-state index in [0.717, 1.165) is 35.5 Å². The molecule has 16 nitrogen and oxygen atoms in total. The molecule has 6 aromatic rings. The molecule has 3 aromatic carbocycles. The number of rotatable bonds is 19. The van der Waals surface area contributed by atoms with Crippen LogP contribution in [0, 0.1) is 21.7 Å². The molecule has 4 fully saturated rings. The van der Waals surface area contributed by atoms with Gasteiger partial charge in [0.1, 0.15) is 19.8 Å². The number of hydrogen-bond acceptors (Lipinski definition) is 13. The Kier molecular flexibility index (Phi) is 13.1. The number of ether oxygens (including phenoxy) is 3. The van der Waals surface area contributed by atoms with Gasteiger partial charge < -0.3 is 49.1 Å². The van der Waals surface area contributed by atoms with Crippen molar-refractivity contribution in [1.82, 2.24) is 16.0 Å². The molecule has 69 heavy (non-hydrogen) atoms. The number of carbonyl (C=O) groups is 3. The standard InChI is InChI=1S/C53H52N4O12/c54-31-50-25-51(32-55-47(61)44-41(38(58)16-19-64-44)67-22-35-10-4-1-5-11-35)28-52(26-50,33-56-48(62)45-42(39(59)17-20-65-45)68-23-36-12-6-2-7-13-36)30-53(27-50,29-51)34-57-49(63)46-43(40(60)18-21-66-46)69-24-37-14-8-3-9-15-37/h1-21H,22-34,54H2,(H,55,61)(H,56,62)(H,57,63). The molecule has 4 aliphatic carbocycles. The fraction of sp³-hybridized carbons (Fsp3) is 0.321. The maximum absolute atomic E-state index is 14.1. The third-order valence-electron chi connectivity index (χ3n) is 13.6. The smallest absolute Gasteiger partial charge is 0.291 e. The maximum atomic E-state index is 14.1. The molecule has 3 heterocycles. The number of nitrogens with one attached hydrogen (secondary N) is 3. The highest BCUT2D eigenvalue weighted by Gasteiger charge is 2.67. The summed E-state index contributed by atoms with van der Waals surface area (Å²) in [7, 11) is 0. The lowest BCUT2D eigenvalue weighted by atomic mass is 9.35. The van der Waals surface area contributed by atoms with E-state index in [4.69, 9.17) is 33.2 Å². The van der Waals surface area contributed by atoms with Gasteiger partial charge in [-0.25, -0.2) is 0 Å². The summed E-state index contributed by atoms with van der Waals surface area (Å²) < 4.78 is 34.6. The molecule has 5 N–H and O–H groups in total. The Morgan fingerprint density at radius 2 is 0.710 bits per heavy atom. The highest BCUT2D eigenvalue weighted by Crippen LogP contribution is 2.73. The second-order valence-corrected chi connectivity index (χ2v) is 19.0. The lowest BCUT2D eigenvalue weighted by Gasteiger charge is -2.71. The summed E-state index contributed by atoms with van der Waals surface area (Å²) in [5.41, 5.74) is 5.16. The average molecular weight is 937 g/mol. The molecule has 4 bridgehead atoms. The SMILES string of the molecule is NCC12CC3(CNC(=O)c4occc(=O)c4OCc4ccccc4)CC(CNC(=O)c4occc(=O)c4OCc4ccccc4)(C1)CC(CNC(=O)c1occc(=O)c1OCc1ccccc1)(C2)C3. The van der Waals surface area contributed by atoms with Crippen molar-refractivity contribution in [3.05, 3.63) is 193 Å². The van der Waals surface area contributed by atoms with Gasteiger partial charge in [0, 0.05) is 37.8 Å². The molecule has 4 saturated carbocycles. The third kappa shape index (κ3) is 10.1. The van der Waals surface area contributed by atoms with E-state index in [1.807, 2.05) is 91.0 Å². The van der Waals surface area contributed by atoms with Crippen LogP contribution in [0.15, 0.2) is 156 Å². The molecule has 0 radical (unpaired) electrons. The zero-order chi connectivity index (χ0) is 48.1. The van der Waals surface area contributed by atoms with Gasteiger partial charge in [-0.3, -0.25) is 28.8 Å². The minimum absolute atomic E-state index is 0.0292. The van der Waals surface area contributed by atoms with Crippen LogP contribution in [0.25, 0.3) is 0 Å². The Labute approximate surface area is 396 Å². The van der Waals surface area contributed by atoms with E-state index in [1.54, 1.807) is 0 Å². The van der Waals surface area contributed by atoms with Gasteiger partial charge in [0.2, 0.25) is 50.8 Å². The molecular formula is C53H52N4O12. The summed E-state index contributed by atoms with van der Waals surface area (Å²) in [6.07, 6.45) is 6.92. The molecule has 4 aliphatic rings. The number of carbonyl (C=O) groups excluding carboxylic acids is 3. The topological polar surface area (TPSA) is 232 Å². The predicted molar refractivity (Wildman–Crippen MR) is 251 cm³/mol. The molecule has 0 spiro atoms. The first-order valence-electron chi connectivity index (χ1n) is 22.8. The summed E-state index contributed by atoms with van der Waals surface area (Å²) in [4.78, 5) is 81.6. The molecule has 10 rings (SSSR count). The monoisotopic (exact) mass is 936 g/mol. The van der Waals surface area contributed by atoms with Gasteiger partial charge in [-0.1, -0.05) is 91.0 Å². The summed E-state index contributed by atoms with van der Waals surface area (Å²) in [6.45, 7) is 0.753. The zero-order valence-electron chi connectivity index (χ0n) is 37.8. The first-order chi connectivity index (χ1) is 33.4.